The maximum atomic E-state index is 14.0. The number of likely N-dealkylation sites (N-methyl/N-ethyl adjacent to an activating group) is 1. The Labute approximate surface area is 114 Å². The molecule has 2 rings (SSSR count). The molecule has 0 aliphatic heterocycles. The Kier molecular flexibility index (Phi) is 4.88. The lowest BCUT2D eigenvalue weighted by molar-refractivity contribution is -0.0905. The Balaban J connectivity index is 2.34. The number of halogens is 1. The fourth-order valence-electron chi connectivity index (χ4n) is 3.28. The second kappa shape index (κ2) is 6.44. The summed E-state index contributed by atoms with van der Waals surface area (Å²) in [5, 5.41) is 3.26. The van der Waals surface area contributed by atoms with Gasteiger partial charge in [0.2, 0.25) is 0 Å². The third kappa shape index (κ3) is 2.95. The van der Waals surface area contributed by atoms with E-state index in [1.807, 2.05) is 14.0 Å². The third-order valence-electron chi connectivity index (χ3n) is 4.06. The fraction of sp³-hybridized carbons (Fsp3) is 0.667. The molecule has 1 aliphatic rings. The molecule has 1 aromatic rings. The molecular weight excluding hydrogens is 243 g/mol. The summed E-state index contributed by atoms with van der Waals surface area (Å²) in [5.41, 5.74) is 0.372. The molecule has 1 atom stereocenters. The second-order valence-corrected chi connectivity index (χ2v) is 5.18. The predicted octanol–water partition coefficient (Wildman–Crippen LogP) is 3.22. The molecule has 4 heteroatoms. The van der Waals surface area contributed by atoms with Crippen LogP contribution < -0.4 is 5.32 Å². The van der Waals surface area contributed by atoms with Crippen LogP contribution in [0.25, 0.3) is 0 Å². The Hall–Kier alpha value is -1.00. The highest BCUT2D eigenvalue weighted by atomic mass is 19.1. The van der Waals surface area contributed by atoms with E-state index in [2.05, 4.69) is 10.3 Å². The van der Waals surface area contributed by atoms with Crippen molar-refractivity contribution in [2.45, 2.75) is 50.7 Å². The van der Waals surface area contributed by atoms with Crippen LogP contribution in [0.4, 0.5) is 4.39 Å². The van der Waals surface area contributed by atoms with Crippen molar-refractivity contribution >= 4 is 0 Å². The number of ether oxygens (including phenoxy) is 1. The number of hydrogen-bond acceptors (Lipinski definition) is 3. The van der Waals surface area contributed by atoms with Gasteiger partial charge in [-0.1, -0.05) is 19.3 Å². The Bertz CT molecular complexity index is 399. The zero-order chi connectivity index (χ0) is 13.7. The summed E-state index contributed by atoms with van der Waals surface area (Å²) in [5.74, 6) is -0.258. The second-order valence-electron chi connectivity index (χ2n) is 5.18. The van der Waals surface area contributed by atoms with Gasteiger partial charge in [0.1, 0.15) is 5.82 Å². The van der Waals surface area contributed by atoms with Gasteiger partial charge < -0.3 is 10.1 Å². The predicted molar refractivity (Wildman–Crippen MR) is 73.4 cm³/mol. The summed E-state index contributed by atoms with van der Waals surface area (Å²) in [4.78, 5) is 3.83. The van der Waals surface area contributed by atoms with E-state index in [0.29, 0.717) is 12.2 Å². The molecule has 0 saturated heterocycles. The molecule has 0 spiro atoms. The van der Waals surface area contributed by atoms with Crippen LogP contribution in [-0.2, 0) is 4.74 Å². The van der Waals surface area contributed by atoms with Gasteiger partial charge in [0.15, 0.2) is 0 Å². The van der Waals surface area contributed by atoms with Gasteiger partial charge in [0.05, 0.1) is 17.8 Å². The Morgan fingerprint density at radius 3 is 2.74 bits per heavy atom. The molecule has 1 aliphatic carbocycles. The van der Waals surface area contributed by atoms with E-state index >= 15 is 0 Å². The monoisotopic (exact) mass is 266 g/mol. The molecule has 0 bridgehead atoms. The number of nitrogens with zero attached hydrogens (tertiary/aromatic N) is 1. The molecule has 0 amide bonds. The zero-order valence-electron chi connectivity index (χ0n) is 11.8. The van der Waals surface area contributed by atoms with Gasteiger partial charge in [-0.2, -0.15) is 0 Å². The first-order valence-electron chi connectivity index (χ1n) is 7.14. The van der Waals surface area contributed by atoms with E-state index in [9.17, 15) is 4.39 Å². The quantitative estimate of drug-likeness (QED) is 0.888. The third-order valence-corrected chi connectivity index (χ3v) is 4.06. The van der Waals surface area contributed by atoms with Crippen LogP contribution in [0, 0.1) is 5.82 Å². The highest BCUT2D eigenvalue weighted by Gasteiger charge is 2.41. The summed E-state index contributed by atoms with van der Waals surface area (Å²) in [6, 6.07) is 1.64. The number of pyridine rings is 1. The summed E-state index contributed by atoms with van der Waals surface area (Å²) >= 11 is 0. The van der Waals surface area contributed by atoms with Crippen molar-refractivity contribution in [2.75, 3.05) is 13.7 Å². The van der Waals surface area contributed by atoms with Crippen LogP contribution in [0.2, 0.25) is 0 Å². The summed E-state index contributed by atoms with van der Waals surface area (Å²) in [6.07, 6.45) is 8.41. The Morgan fingerprint density at radius 2 is 2.16 bits per heavy atom. The van der Waals surface area contributed by atoms with Crippen LogP contribution in [0.15, 0.2) is 18.5 Å². The van der Waals surface area contributed by atoms with Crippen molar-refractivity contribution in [3.63, 3.8) is 0 Å². The van der Waals surface area contributed by atoms with Gasteiger partial charge in [0, 0.05) is 18.4 Å². The molecule has 3 nitrogen and oxygen atoms in total. The van der Waals surface area contributed by atoms with Crippen LogP contribution in [0.3, 0.4) is 0 Å². The van der Waals surface area contributed by atoms with Crippen LogP contribution in [-0.4, -0.2) is 24.2 Å². The lowest BCUT2D eigenvalue weighted by atomic mass is 9.76. The first-order valence-corrected chi connectivity index (χ1v) is 7.14. The molecule has 1 aromatic heterocycles. The first kappa shape index (κ1) is 14.4. The minimum Gasteiger partial charge on any atom is -0.373 e. The fourth-order valence-corrected chi connectivity index (χ4v) is 3.28. The summed E-state index contributed by atoms with van der Waals surface area (Å²) < 4.78 is 20.1. The van der Waals surface area contributed by atoms with Crippen molar-refractivity contribution in [3.05, 3.63) is 29.8 Å². The van der Waals surface area contributed by atoms with Crippen LogP contribution in [0.5, 0.6) is 0 Å². The van der Waals surface area contributed by atoms with Gasteiger partial charge in [-0.25, -0.2) is 4.39 Å². The maximum Gasteiger partial charge on any atom is 0.146 e. The average Bonchev–Trinajstić information content (AvgIpc) is 2.43. The minimum absolute atomic E-state index is 0.115. The molecule has 1 saturated carbocycles. The Morgan fingerprint density at radius 1 is 1.42 bits per heavy atom. The van der Waals surface area contributed by atoms with E-state index < -0.39 is 0 Å². The van der Waals surface area contributed by atoms with E-state index in [0.717, 1.165) is 25.7 Å². The van der Waals surface area contributed by atoms with Gasteiger partial charge in [-0.05, 0) is 32.9 Å². The zero-order valence-corrected chi connectivity index (χ0v) is 11.8. The van der Waals surface area contributed by atoms with E-state index in [1.54, 1.807) is 12.3 Å². The van der Waals surface area contributed by atoms with E-state index in [1.165, 1.54) is 12.6 Å². The van der Waals surface area contributed by atoms with Crippen molar-refractivity contribution < 1.29 is 9.13 Å². The first-order chi connectivity index (χ1) is 9.23. The van der Waals surface area contributed by atoms with Gasteiger partial charge in [-0.3, -0.25) is 4.98 Å². The highest BCUT2D eigenvalue weighted by Crippen LogP contribution is 2.41. The molecular formula is C15H23FN2O. The lowest BCUT2D eigenvalue weighted by Crippen LogP contribution is -2.47. The topological polar surface area (TPSA) is 34.1 Å². The minimum atomic E-state index is -0.288. The number of nitrogens with one attached hydrogen (secondary N) is 1. The SMILES string of the molecule is CCOC1(C(NC)c2ccncc2F)CCCCC1. The summed E-state index contributed by atoms with van der Waals surface area (Å²) in [7, 11) is 1.87. The number of hydrogen-bond donors (Lipinski definition) is 1. The summed E-state index contributed by atoms with van der Waals surface area (Å²) in [6.45, 7) is 2.66. The van der Waals surface area contributed by atoms with Crippen molar-refractivity contribution in [1.29, 1.82) is 0 Å². The van der Waals surface area contributed by atoms with E-state index in [4.69, 9.17) is 4.74 Å². The number of rotatable bonds is 5. The standard InChI is InChI=1S/C15H23FN2O/c1-3-19-15(8-5-4-6-9-15)14(17-2)12-7-10-18-11-13(12)16/h7,10-11,14,17H,3-6,8-9H2,1-2H3. The lowest BCUT2D eigenvalue weighted by Gasteiger charge is -2.43. The maximum absolute atomic E-state index is 14.0. The van der Waals surface area contributed by atoms with Crippen molar-refractivity contribution in [2.24, 2.45) is 0 Å². The number of aromatic nitrogens is 1. The molecule has 1 heterocycles. The molecule has 1 N–H and O–H groups in total. The van der Waals surface area contributed by atoms with Gasteiger partial charge in [-0.15, -0.1) is 0 Å². The largest absolute Gasteiger partial charge is 0.373 e. The van der Waals surface area contributed by atoms with Gasteiger partial charge >= 0.3 is 0 Å². The highest BCUT2D eigenvalue weighted by molar-refractivity contribution is 5.22. The molecule has 1 fully saturated rings. The molecule has 1 unspecified atom stereocenters. The molecule has 0 radical (unpaired) electrons. The smallest absolute Gasteiger partial charge is 0.146 e. The van der Waals surface area contributed by atoms with Crippen molar-refractivity contribution in [1.82, 2.24) is 10.3 Å². The molecule has 0 aromatic carbocycles. The molecule has 19 heavy (non-hydrogen) atoms. The molecule has 106 valence electrons. The van der Waals surface area contributed by atoms with Gasteiger partial charge in [0.25, 0.3) is 0 Å². The van der Waals surface area contributed by atoms with Crippen molar-refractivity contribution in [3.8, 4) is 0 Å². The van der Waals surface area contributed by atoms with Crippen LogP contribution >= 0.6 is 0 Å². The average molecular weight is 266 g/mol. The normalized spacial score (nSPS) is 20.2. The van der Waals surface area contributed by atoms with Crippen LogP contribution in [0.1, 0.15) is 50.6 Å². The van der Waals surface area contributed by atoms with E-state index in [-0.39, 0.29) is 17.5 Å².